The van der Waals surface area contributed by atoms with Gasteiger partial charge in [-0.2, -0.15) is 0 Å². The quantitative estimate of drug-likeness (QED) is 0.466. The van der Waals surface area contributed by atoms with Gasteiger partial charge in [-0.15, -0.1) is 0 Å². The Hall–Kier alpha value is -2.15. The highest BCUT2D eigenvalue weighted by Gasteiger charge is 2.27. The largest absolute Gasteiger partial charge is 0.444 e. The Kier molecular flexibility index (Phi) is 4.89. The first-order chi connectivity index (χ1) is 10.7. The molecule has 124 valence electrons. The van der Waals surface area contributed by atoms with Crippen molar-refractivity contribution in [2.45, 2.75) is 32.8 Å². The summed E-state index contributed by atoms with van der Waals surface area (Å²) in [6.45, 7) is 6.18. The number of amides is 1. The standard InChI is InChI=1S/C15H18ClN3O4/c1-15(2,3)23-14(20)18-8-5-10(6-9-18)11-4-7-17-13(16)12(11)19(21)22/h4-5,7H,6,8-9H2,1-3H3. The maximum atomic E-state index is 12.0. The summed E-state index contributed by atoms with van der Waals surface area (Å²) in [5, 5.41) is 11.0. The first-order valence-electron chi connectivity index (χ1n) is 7.15. The van der Waals surface area contributed by atoms with Crippen LogP contribution in [0.2, 0.25) is 5.15 Å². The first-order valence-corrected chi connectivity index (χ1v) is 7.53. The number of nitrogens with zero attached hydrogens (tertiary/aromatic N) is 3. The number of rotatable bonds is 2. The Bertz CT molecular complexity index is 667. The molecule has 0 atom stereocenters. The average molecular weight is 340 g/mol. The molecule has 0 unspecified atom stereocenters. The van der Waals surface area contributed by atoms with Crippen LogP contribution in [0.25, 0.3) is 5.57 Å². The molecular formula is C15H18ClN3O4. The number of hydrogen-bond acceptors (Lipinski definition) is 5. The van der Waals surface area contributed by atoms with Crippen molar-refractivity contribution in [2.75, 3.05) is 13.1 Å². The molecule has 23 heavy (non-hydrogen) atoms. The van der Waals surface area contributed by atoms with Gasteiger partial charge in [-0.25, -0.2) is 9.78 Å². The van der Waals surface area contributed by atoms with E-state index in [4.69, 9.17) is 16.3 Å². The van der Waals surface area contributed by atoms with E-state index in [0.717, 1.165) is 5.57 Å². The number of aromatic nitrogens is 1. The van der Waals surface area contributed by atoms with Crippen molar-refractivity contribution >= 4 is 29.0 Å². The molecular weight excluding hydrogens is 322 g/mol. The zero-order valence-electron chi connectivity index (χ0n) is 13.2. The van der Waals surface area contributed by atoms with Crippen LogP contribution in [0.3, 0.4) is 0 Å². The molecule has 0 N–H and O–H groups in total. The van der Waals surface area contributed by atoms with Crippen LogP contribution in [0.15, 0.2) is 18.3 Å². The average Bonchev–Trinajstić information content (AvgIpc) is 2.45. The lowest BCUT2D eigenvalue weighted by molar-refractivity contribution is -0.385. The number of pyridine rings is 1. The van der Waals surface area contributed by atoms with E-state index in [1.807, 2.05) is 0 Å². The van der Waals surface area contributed by atoms with Gasteiger partial charge < -0.3 is 9.64 Å². The Balaban J connectivity index is 2.19. The second-order valence-electron chi connectivity index (χ2n) is 6.16. The lowest BCUT2D eigenvalue weighted by atomic mass is 9.99. The third-order valence-electron chi connectivity index (χ3n) is 3.27. The second kappa shape index (κ2) is 6.54. The lowest BCUT2D eigenvalue weighted by Gasteiger charge is -2.29. The molecule has 8 heteroatoms. The molecule has 1 aliphatic heterocycles. The van der Waals surface area contributed by atoms with E-state index < -0.39 is 16.6 Å². The fourth-order valence-corrected chi connectivity index (χ4v) is 2.49. The van der Waals surface area contributed by atoms with Crippen molar-refractivity contribution in [1.29, 1.82) is 0 Å². The van der Waals surface area contributed by atoms with Crippen LogP contribution in [0.4, 0.5) is 10.5 Å². The zero-order valence-corrected chi connectivity index (χ0v) is 14.0. The van der Waals surface area contributed by atoms with Crippen LogP contribution >= 0.6 is 11.6 Å². The Morgan fingerprint density at radius 1 is 1.48 bits per heavy atom. The van der Waals surface area contributed by atoms with Crippen LogP contribution in [-0.2, 0) is 4.74 Å². The fraction of sp³-hybridized carbons (Fsp3) is 0.467. The maximum absolute atomic E-state index is 12.0. The highest BCUT2D eigenvalue weighted by molar-refractivity contribution is 6.31. The van der Waals surface area contributed by atoms with Crippen LogP contribution in [0.5, 0.6) is 0 Å². The van der Waals surface area contributed by atoms with Gasteiger partial charge >= 0.3 is 11.8 Å². The lowest BCUT2D eigenvalue weighted by Crippen LogP contribution is -2.39. The Morgan fingerprint density at radius 2 is 2.17 bits per heavy atom. The molecule has 0 bridgehead atoms. The van der Waals surface area contributed by atoms with Crippen molar-refractivity contribution in [2.24, 2.45) is 0 Å². The summed E-state index contributed by atoms with van der Waals surface area (Å²) in [6.07, 6.45) is 3.31. The van der Waals surface area contributed by atoms with Crippen LogP contribution in [0.1, 0.15) is 32.8 Å². The minimum Gasteiger partial charge on any atom is -0.444 e. The van der Waals surface area contributed by atoms with E-state index in [0.29, 0.717) is 25.1 Å². The molecule has 1 aromatic rings. The van der Waals surface area contributed by atoms with Crippen molar-refractivity contribution in [1.82, 2.24) is 9.88 Å². The monoisotopic (exact) mass is 339 g/mol. The summed E-state index contributed by atoms with van der Waals surface area (Å²) < 4.78 is 5.32. The summed E-state index contributed by atoms with van der Waals surface area (Å²) in [6, 6.07) is 1.57. The van der Waals surface area contributed by atoms with Gasteiger partial charge in [0, 0.05) is 19.3 Å². The molecule has 0 radical (unpaired) electrons. The van der Waals surface area contributed by atoms with Gasteiger partial charge in [-0.05, 0) is 38.8 Å². The maximum Gasteiger partial charge on any atom is 0.410 e. The van der Waals surface area contributed by atoms with Gasteiger partial charge in [0.05, 0.1) is 10.5 Å². The molecule has 1 aliphatic rings. The zero-order chi connectivity index (χ0) is 17.2. The Labute approximate surface area is 139 Å². The number of hydrogen-bond donors (Lipinski definition) is 0. The van der Waals surface area contributed by atoms with Crippen LogP contribution in [-0.4, -0.2) is 39.6 Å². The molecule has 7 nitrogen and oxygen atoms in total. The predicted octanol–water partition coefficient (Wildman–Crippen LogP) is 3.67. The normalized spacial score (nSPS) is 15.1. The van der Waals surface area contributed by atoms with Crippen LogP contribution in [0, 0.1) is 10.1 Å². The summed E-state index contributed by atoms with van der Waals surface area (Å²) in [5.41, 5.74) is 0.462. The summed E-state index contributed by atoms with van der Waals surface area (Å²) in [4.78, 5) is 28.0. The molecule has 0 spiro atoms. The molecule has 0 aromatic carbocycles. The van der Waals surface area contributed by atoms with E-state index in [-0.39, 0.29) is 10.8 Å². The highest BCUT2D eigenvalue weighted by Crippen LogP contribution is 2.34. The summed E-state index contributed by atoms with van der Waals surface area (Å²) in [7, 11) is 0. The van der Waals surface area contributed by atoms with Gasteiger partial charge in [-0.1, -0.05) is 17.7 Å². The van der Waals surface area contributed by atoms with E-state index in [1.165, 1.54) is 6.20 Å². The predicted molar refractivity (Wildman–Crippen MR) is 86.3 cm³/mol. The molecule has 1 aromatic heterocycles. The molecule has 0 saturated heterocycles. The van der Waals surface area contributed by atoms with E-state index in [9.17, 15) is 14.9 Å². The second-order valence-corrected chi connectivity index (χ2v) is 6.52. The SMILES string of the molecule is CC(C)(C)OC(=O)N1CC=C(c2ccnc(Cl)c2[N+](=O)[O-])CC1. The smallest absolute Gasteiger partial charge is 0.410 e. The van der Waals surface area contributed by atoms with Gasteiger partial charge in [-0.3, -0.25) is 10.1 Å². The summed E-state index contributed by atoms with van der Waals surface area (Å²) >= 11 is 5.83. The number of halogens is 1. The van der Waals surface area contributed by atoms with Crippen LogP contribution < -0.4 is 0 Å². The minimum absolute atomic E-state index is 0.136. The molecule has 0 saturated carbocycles. The van der Waals surface area contributed by atoms with E-state index in [1.54, 1.807) is 37.8 Å². The van der Waals surface area contributed by atoms with Crippen molar-refractivity contribution in [3.63, 3.8) is 0 Å². The van der Waals surface area contributed by atoms with E-state index >= 15 is 0 Å². The summed E-state index contributed by atoms with van der Waals surface area (Å²) in [5.74, 6) is 0. The molecule has 0 aliphatic carbocycles. The third-order valence-corrected chi connectivity index (χ3v) is 3.55. The number of nitro groups is 1. The van der Waals surface area contributed by atoms with Crippen molar-refractivity contribution in [3.05, 3.63) is 39.2 Å². The molecule has 2 heterocycles. The van der Waals surface area contributed by atoms with E-state index in [2.05, 4.69) is 4.98 Å². The number of ether oxygens (including phenoxy) is 1. The minimum atomic E-state index is -0.557. The topological polar surface area (TPSA) is 85.6 Å². The van der Waals surface area contributed by atoms with Gasteiger partial charge in [0.25, 0.3) is 0 Å². The Morgan fingerprint density at radius 3 is 2.70 bits per heavy atom. The van der Waals surface area contributed by atoms with Crippen molar-refractivity contribution in [3.8, 4) is 0 Å². The molecule has 2 rings (SSSR count). The fourth-order valence-electron chi connectivity index (χ4n) is 2.27. The van der Waals surface area contributed by atoms with Gasteiger partial charge in [0.15, 0.2) is 0 Å². The number of carbonyl (C=O) groups excluding carboxylic acids is 1. The highest BCUT2D eigenvalue weighted by atomic mass is 35.5. The first kappa shape index (κ1) is 17.2. The third kappa shape index (κ3) is 4.19. The molecule has 1 amide bonds. The molecule has 0 fully saturated rings. The number of carbonyl (C=O) groups is 1. The van der Waals surface area contributed by atoms with Gasteiger partial charge in [0.2, 0.25) is 5.15 Å². The van der Waals surface area contributed by atoms with Crippen molar-refractivity contribution < 1.29 is 14.5 Å². The van der Waals surface area contributed by atoms with Gasteiger partial charge in [0.1, 0.15) is 5.60 Å².